The summed E-state index contributed by atoms with van der Waals surface area (Å²) in [6.45, 7) is 0. The van der Waals surface area contributed by atoms with Gasteiger partial charge in [-0.25, -0.2) is 9.37 Å². The Hall–Kier alpha value is -3.07. The van der Waals surface area contributed by atoms with Crippen LogP contribution >= 0.6 is 15.9 Å². The fraction of sp³-hybridized carbons (Fsp3) is 0.273. The van der Waals surface area contributed by atoms with Crippen molar-refractivity contribution >= 4 is 38.5 Å². The Balaban J connectivity index is 1.87. The number of carbonyl (C=O) groups is 1. The van der Waals surface area contributed by atoms with Crippen LogP contribution in [0.2, 0.25) is 0 Å². The van der Waals surface area contributed by atoms with Gasteiger partial charge in [0.2, 0.25) is 0 Å². The first-order chi connectivity index (χ1) is 14.8. The van der Waals surface area contributed by atoms with Gasteiger partial charge in [-0.1, -0.05) is 12.1 Å². The Bertz CT molecular complexity index is 1190. The van der Waals surface area contributed by atoms with Crippen LogP contribution in [0.25, 0.3) is 10.9 Å². The molecule has 0 bridgehead atoms. The molecule has 0 atom stereocenters. The lowest BCUT2D eigenvalue weighted by molar-refractivity contribution is -0.386. The standard InChI is InChI=1S/C22H18BrFN2O5/c1-30-14-5-3-12(4-6-14)13-9-22(10-13,21(27)31-2)20-15-7-16(23)17(24)8-18(15)25-11-19(20)26(28)29/h3-8,11,13H,9-10H2,1-2H3. The van der Waals surface area contributed by atoms with Crippen molar-refractivity contribution < 1.29 is 23.6 Å². The van der Waals surface area contributed by atoms with Gasteiger partial charge in [-0.05, 0) is 58.5 Å². The molecule has 1 heterocycles. The Morgan fingerprint density at radius 2 is 1.94 bits per heavy atom. The predicted octanol–water partition coefficient (Wildman–Crippen LogP) is 5.04. The average molecular weight is 489 g/mol. The number of pyridine rings is 1. The number of aromatic nitrogens is 1. The van der Waals surface area contributed by atoms with E-state index in [2.05, 4.69) is 20.9 Å². The van der Waals surface area contributed by atoms with E-state index in [4.69, 9.17) is 9.47 Å². The molecule has 160 valence electrons. The molecule has 1 fully saturated rings. The number of esters is 1. The van der Waals surface area contributed by atoms with Gasteiger partial charge in [-0.15, -0.1) is 0 Å². The van der Waals surface area contributed by atoms with Crippen molar-refractivity contribution in [2.45, 2.75) is 24.2 Å². The van der Waals surface area contributed by atoms with E-state index >= 15 is 0 Å². The number of hydrogen-bond donors (Lipinski definition) is 0. The van der Waals surface area contributed by atoms with Gasteiger partial charge in [0.15, 0.2) is 0 Å². The first kappa shape index (κ1) is 21.2. The third-order valence-electron chi connectivity index (χ3n) is 5.92. The van der Waals surface area contributed by atoms with Crippen LogP contribution in [0.4, 0.5) is 10.1 Å². The summed E-state index contributed by atoms with van der Waals surface area (Å²) in [5.41, 5.74) is -0.0873. The molecule has 1 saturated carbocycles. The van der Waals surface area contributed by atoms with Gasteiger partial charge in [-0.2, -0.15) is 0 Å². The van der Waals surface area contributed by atoms with E-state index in [0.717, 1.165) is 11.8 Å². The van der Waals surface area contributed by atoms with Crippen molar-refractivity contribution in [3.8, 4) is 5.75 Å². The molecule has 0 radical (unpaired) electrons. The maximum atomic E-state index is 14.1. The third-order valence-corrected chi connectivity index (χ3v) is 6.53. The summed E-state index contributed by atoms with van der Waals surface area (Å²) < 4.78 is 24.5. The fourth-order valence-electron chi connectivity index (χ4n) is 4.38. The lowest BCUT2D eigenvalue weighted by Crippen LogP contribution is -2.48. The lowest BCUT2D eigenvalue weighted by Gasteiger charge is -2.45. The minimum Gasteiger partial charge on any atom is -0.497 e. The van der Waals surface area contributed by atoms with Gasteiger partial charge < -0.3 is 9.47 Å². The van der Waals surface area contributed by atoms with Crippen LogP contribution in [0.15, 0.2) is 47.1 Å². The van der Waals surface area contributed by atoms with Crippen molar-refractivity contribution in [2.24, 2.45) is 0 Å². The Morgan fingerprint density at radius 3 is 2.52 bits per heavy atom. The van der Waals surface area contributed by atoms with Crippen molar-refractivity contribution in [1.82, 2.24) is 4.98 Å². The molecule has 9 heteroatoms. The number of hydrogen-bond acceptors (Lipinski definition) is 6. The van der Waals surface area contributed by atoms with E-state index in [0.29, 0.717) is 24.0 Å². The second-order valence-electron chi connectivity index (χ2n) is 7.51. The average Bonchev–Trinajstić information content (AvgIpc) is 2.74. The van der Waals surface area contributed by atoms with Crippen LogP contribution < -0.4 is 4.74 Å². The SMILES string of the molecule is COC(=O)C1(c2c([N+](=O)[O-])cnc3cc(F)c(Br)cc23)CC(c2ccc(OC)cc2)C1. The minimum absolute atomic E-state index is 0.00304. The zero-order chi connectivity index (χ0) is 22.3. The molecule has 3 aromatic rings. The monoisotopic (exact) mass is 488 g/mol. The second-order valence-corrected chi connectivity index (χ2v) is 8.37. The topological polar surface area (TPSA) is 91.6 Å². The van der Waals surface area contributed by atoms with E-state index in [9.17, 15) is 19.3 Å². The Labute approximate surface area is 185 Å². The molecular weight excluding hydrogens is 471 g/mol. The van der Waals surface area contributed by atoms with E-state index in [1.54, 1.807) is 7.11 Å². The van der Waals surface area contributed by atoms with Crippen LogP contribution in [0, 0.1) is 15.9 Å². The summed E-state index contributed by atoms with van der Waals surface area (Å²) in [7, 11) is 2.84. The summed E-state index contributed by atoms with van der Waals surface area (Å²) in [5, 5.41) is 12.2. The number of nitro groups is 1. The molecule has 31 heavy (non-hydrogen) atoms. The van der Waals surface area contributed by atoms with Gasteiger partial charge in [0.25, 0.3) is 5.69 Å². The summed E-state index contributed by atoms with van der Waals surface area (Å²) in [5.74, 6) is -0.397. The fourth-order valence-corrected chi connectivity index (χ4v) is 4.72. The smallest absolute Gasteiger partial charge is 0.316 e. The molecule has 0 spiro atoms. The van der Waals surface area contributed by atoms with Crippen molar-refractivity contribution in [1.29, 1.82) is 0 Å². The predicted molar refractivity (Wildman–Crippen MR) is 115 cm³/mol. The number of ether oxygens (including phenoxy) is 2. The highest BCUT2D eigenvalue weighted by atomic mass is 79.9. The maximum Gasteiger partial charge on any atom is 0.316 e. The number of halogens is 2. The molecule has 0 saturated heterocycles. The van der Waals surface area contributed by atoms with Gasteiger partial charge in [0, 0.05) is 11.5 Å². The zero-order valence-corrected chi connectivity index (χ0v) is 18.3. The molecule has 7 nitrogen and oxygen atoms in total. The van der Waals surface area contributed by atoms with E-state index < -0.39 is 22.1 Å². The molecule has 1 aliphatic carbocycles. The molecule has 4 rings (SSSR count). The van der Waals surface area contributed by atoms with Crippen LogP contribution in [0.1, 0.15) is 29.9 Å². The Morgan fingerprint density at radius 1 is 1.26 bits per heavy atom. The van der Waals surface area contributed by atoms with Crippen molar-refractivity contribution in [2.75, 3.05) is 14.2 Å². The summed E-state index contributed by atoms with van der Waals surface area (Å²) in [6, 6.07) is 10.1. The van der Waals surface area contributed by atoms with Crippen LogP contribution in [0.3, 0.4) is 0 Å². The second kappa shape index (κ2) is 7.88. The molecular formula is C22H18BrFN2O5. The molecule has 2 aromatic carbocycles. The largest absolute Gasteiger partial charge is 0.497 e. The highest BCUT2D eigenvalue weighted by molar-refractivity contribution is 9.10. The molecule has 0 aliphatic heterocycles. The highest BCUT2D eigenvalue weighted by Crippen LogP contribution is 2.57. The minimum atomic E-state index is -1.24. The third kappa shape index (κ3) is 3.42. The molecule has 1 aromatic heterocycles. The number of methoxy groups -OCH3 is 2. The van der Waals surface area contributed by atoms with Gasteiger partial charge in [0.1, 0.15) is 23.2 Å². The molecule has 1 aliphatic rings. The zero-order valence-electron chi connectivity index (χ0n) is 16.7. The number of nitrogens with zero attached hydrogens (tertiary/aromatic N) is 2. The van der Waals surface area contributed by atoms with Gasteiger partial charge >= 0.3 is 5.97 Å². The van der Waals surface area contributed by atoms with Gasteiger partial charge in [-0.3, -0.25) is 14.9 Å². The van der Waals surface area contributed by atoms with Crippen LogP contribution in [-0.2, 0) is 14.9 Å². The van der Waals surface area contributed by atoms with Crippen molar-refractivity contribution in [3.05, 3.63) is 74.1 Å². The number of benzene rings is 2. The quantitative estimate of drug-likeness (QED) is 0.283. The Kier molecular flexibility index (Phi) is 5.38. The normalized spacial score (nSPS) is 20.2. The van der Waals surface area contributed by atoms with E-state index in [1.807, 2.05) is 24.3 Å². The number of carbonyl (C=O) groups excluding carboxylic acids is 1. The van der Waals surface area contributed by atoms with Crippen LogP contribution in [0.5, 0.6) is 5.75 Å². The molecule has 0 N–H and O–H groups in total. The molecule has 0 unspecified atom stereocenters. The summed E-state index contributed by atoms with van der Waals surface area (Å²) in [6.07, 6.45) is 1.72. The van der Waals surface area contributed by atoms with Gasteiger partial charge in [0.05, 0.1) is 34.7 Å². The first-order valence-electron chi connectivity index (χ1n) is 9.45. The van der Waals surface area contributed by atoms with Crippen LogP contribution in [-0.4, -0.2) is 30.1 Å². The summed E-state index contributed by atoms with van der Waals surface area (Å²) in [4.78, 5) is 28.3. The maximum absolute atomic E-state index is 14.1. The molecule has 0 amide bonds. The van der Waals surface area contributed by atoms with Crippen molar-refractivity contribution in [3.63, 3.8) is 0 Å². The number of fused-ring (bicyclic) bond motifs is 1. The highest BCUT2D eigenvalue weighted by Gasteiger charge is 2.56. The lowest BCUT2D eigenvalue weighted by atomic mass is 9.56. The summed E-state index contributed by atoms with van der Waals surface area (Å²) >= 11 is 3.13. The van der Waals surface area contributed by atoms with E-state index in [-0.39, 0.29) is 27.2 Å². The van der Waals surface area contributed by atoms with E-state index in [1.165, 1.54) is 19.2 Å². The first-order valence-corrected chi connectivity index (χ1v) is 10.2. The number of rotatable bonds is 5.